The van der Waals surface area contributed by atoms with Crippen molar-refractivity contribution in [3.05, 3.63) is 88.5 Å². The number of hydrogen-bond acceptors (Lipinski definition) is 3. The van der Waals surface area contributed by atoms with Gasteiger partial charge in [-0.2, -0.15) is 0 Å². The van der Waals surface area contributed by atoms with Gasteiger partial charge in [0.25, 0.3) is 0 Å². The van der Waals surface area contributed by atoms with E-state index in [1.807, 2.05) is 36.4 Å². The Labute approximate surface area is 141 Å². The van der Waals surface area contributed by atoms with Crippen molar-refractivity contribution in [2.75, 3.05) is 0 Å². The lowest BCUT2D eigenvalue weighted by Crippen LogP contribution is -2.00. The van der Waals surface area contributed by atoms with E-state index in [2.05, 4.69) is 0 Å². The van der Waals surface area contributed by atoms with Gasteiger partial charge >= 0.3 is 5.63 Å². The van der Waals surface area contributed by atoms with Crippen LogP contribution in [0.3, 0.4) is 0 Å². The van der Waals surface area contributed by atoms with Crippen LogP contribution in [-0.4, -0.2) is 0 Å². The zero-order valence-corrected chi connectivity index (χ0v) is 13.5. The monoisotopic (exact) mass is 336 g/mol. The molecule has 24 heavy (non-hydrogen) atoms. The molecule has 0 fully saturated rings. The molecule has 4 aromatic rings. The van der Waals surface area contributed by atoms with Crippen LogP contribution in [0.4, 0.5) is 4.39 Å². The second-order valence-corrected chi connectivity index (χ2v) is 6.49. The third kappa shape index (κ3) is 2.69. The van der Waals surface area contributed by atoms with Crippen molar-refractivity contribution < 1.29 is 8.81 Å². The van der Waals surface area contributed by atoms with E-state index in [0.717, 1.165) is 21.7 Å². The van der Waals surface area contributed by atoms with E-state index in [4.69, 9.17) is 4.42 Å². The molecule has 2 nitrogen and oxygen atoms in total. The van der Waals surface area contributed by atoms with Gasteiger partial charge in [0.15, 0.2) is 0 Å². The number of thioether (sulfide) groups is 1. The van der Waals surface area contributed by atoms with Crippen molar-refractivity contribution in [1.29, 1.82) is 0 Å². The summed E-state index contributed by atoms with van der Waals surface area (Å²) in [6, 6.07) is 19.9. The summed E-state index contributed by atoms with van der Waals surface area (Å²) >= 11 is 1.38. The van der Waals surface area contributed by atoms with E-state index in [1.54, 1.807) is 18.2 Å². The average molecular weight is 336 g/mol. The van der Waals surface area contributed by atoms with Crippen LogP contribution in [0.1, 0.15) is 5.56 Å². The highest BCUT2D eigenvalue weighted by Crippen LogP contribution is 2.32. The predicted octanol–water partition coefficient (Wildman–Crippen LogP) is 5.38. The Morgan fingerprint density at radius 1 is 0.958 bits per heavy atom. The van der Waals surface area contributed by atoms with Crippen molar-refractivity contribution in [2.24, 2.45) is 0 Å². The van der Waals surface area contributed by atoms with Crippen LogP contribution in [0.5, 0.6) is 0 Å². The molecule has 118 valence electrons. The second kappa shape index (κ2) is 6.13. The Morgan fingerprint density at radius 2 is 1.75 bits per heavy atom. The lowest BCUT2D eigenvalue weighted by Gasteiger charge is -2.09. The second-order valence-electron chi connectivity index (χ2n) is 5.47. The van der Waals surface area contributed by atoms with Gasteiger partial charge in [0.2, 0.25) is 0 Å². The Balaban J connectivity index is 1.86. The maximum atomic E-state index is 13.8. The molecule has 0 aliphatic heterocycles. The summed E-state index contributed by atoms with van der Waals surface area (Å²) in [4.78, 5) is 12.4. The molecule has 4 heteroatoms. The first-order valence-electron chi connectivity index (χ1n) is 7.54. The number of benzene rings is 3. The quantitative estimate of drug-likeness (QED) is 0.286. The maximum Gasteiger partial charge on any atom is 0.336 e. The minimum Gasteiger partial charge on any atom is -0.423 e. The van der Waals surface area contributed by atoms with Crippen LogP contribution in [0.25, 0.3) is 21.7 Å². The molecule has 0 saturated heterocycles. The number of hydrogen-bond donors (Lipinski definition) is 0. The molecule has 0 radical (unpaired) electrons. The average Bonchev–Trinajstić information content (AvgIpc) is 2.60. The van der Waals surface area contributed by atoms with Gasteiger partial charge < -0.3 is 4.42 Å². The van der Waals surface area contributed by atoms with Crippen molar-refractivity contribution in [3.8, 4) is 0 Å². The van der Waals surface area contributed by atoms with Crippen LogP contribution >= 0.6 is 11.8 Å². The zero-order valence-electron chi connectivity index (χ0n) is 12.7. The standard InChI is InChI=1S/C20H13FO2S/c21-16-7-3-4-8-18(16)24-12-14-11-19(22)23-17-10-9-13-5-1-2-6-15(13)20(14)17/h1-11H,12H2. The zero-order chi connectivity index (χ0) is 16.5. The largest absolute Gasteiger partial charge is 0.423 e. The SMILES string of the molecule is O=c1cc(CSc2ccccc2F)c2c(ccc3ccccc32)o1. The number of rotatable bonds is 3. The van der Waals surface area contributed by atoms with Gasteiger partial charge in [-0.25, -0.2) is 9.18 Å². The molecule has 1 heterocycles. The molecular formula is C20H13FO2S. The summed E-state index contributed by atoms with van der Waals surface area (Å²) in [7, 11) is 0. The van der Waals surface area contributed by atoms with Gasteiger partial charge in [-0.3, -0.25) is 0 Å². The molecule has 1 aromatic heterocycles. The lowest BCUT2D eigenvalue weighted by molar-refractivity contribution is 0.560. The number of fused-ring (bicyclic) bond motifs is 3. The van der Waals surface area contributed by atoms with E-state index in [9.17, 15) is 9.18 Å². The predicted molar refractivity (Wildman–Crippen MR) is 96.0 cm³/mol. The first kappa shape index (κ1) is 15.0. The highest BCUT2D eigenvalue weighted by atomic mass is 32.2. The fraction of sp³-hybridized carbons (Fsp3) is 0.0500. The minimum absolute atomic E-state index is 0.250. The summed E-state index contributed by atoms with van der Waals surface area (Å²) < 4.78 is 19.2. The van der Waals surface area contributed by atoms with Crippen molar-refractivity contribution in [1.82, 2.24) is 0 Å². The Kier molecular flexibility index (Phi) is 3.82. The lowest BCUT2D eigenvalue weighted by atomic mass is 10.0. The Bertz CT molecular complexity index is 1100. The van der Waals surface area contributed by atoms with Crippen LogP contribution < -0.4 is 5.63 Å². The van der Waals surface area contributed by atoms with Crippen molar-refractivity contribution in [3.63, 3.8) is 0 Å². The fourth-order valence-corrected chi connectivity index (χ4v) is 3.77. The van der Waals surface area contributed by atoms with Crippen molar-refractivity contribution in [2.45, 2.75) is 10.6 Å². The molecule has 0 amide bonds. The van der Waals surface area contributed by atoms with E-state index in [1.165, 1.54) is 23.9 Å². The number of halogens is 1. The molecule has 0 unspecified atom stereocenters. The Morgan fingerprint density at radius 3 is 2.62 bits per heavy atom. The Hall–Kier alpha value is -2.59. The first-order valence-corrected chi connectivity index (χ1v) is 8.53. The molecule has 0 bridgehead atoms. The molecule has 0 saturated carbocycles. The van der Waals surface area contributed by atoms with Crippen molar-refractivity contribution >= 4 is 33.5 Å². The van der Waals surface area contributed by atoms with E-state index >= 15 is 0 Å². The molecule has 0 N–H and O–H groups in total. The highest BCUT2D eigenvalue weighted by molar-refractivity contribution is 7.98. The third-order valence-corrected chi connectivity index (χ3v) is 5.03. The summed E-state index contributed by atoms with van der Waals surface area (Å²) in [5.41, 5.74) is 1.03. The molecule has 0 spiro atoms. The molecule has 3 aromatic carbocycles. The van der Waals surface area contributed by atoms with Crippen LogP contribution in [0.2, 0.25) is 0 Å². The van der Waals surface area contributed by atoms with Gasteiger partial charge in [0.05, 0.1) is 0 Å². The van der Waals surface area contributed by atoms with Crippen LogP contribution in [0, 0.1) is 5.82 Å². The van der Waals surface area contributed by atoms with Gasteiger partial charge in [0, 0.05) is 22.1 Å². The topological polar surface area (TPSA) is 30.2 Å². The van der Waals surface area contributed by atoms with Crippen LogP contribution in [-0.2, 0) is 5.75 Å². The van der Waals surface area contributed by atoms with Gasteiger partial charge in [-0.05, 0) is 34.5 Å². The first-order chi connectivity index (χ1) is 11.7. The molecule has 0 aliphatic rings. The molecule has 0 atom stereocenters. The van der Waals surface area contributed by atoms with E-state index in [-0.39, 0.29) is 11.4 Å². The summed E-state index contributed by atoms with van der Waals surface area (Å²) in [5, 5.41) is 3.02. The summed E-state index contributed by atoms with van der Waals surface area (Å²) in [5.74, 6) is 0.247. The van der Waals surface area contributed by atoms with E-state index in [0.29, 0.717) is 16.2 Å². The smallest absolute Gasteiger partial charge is 0.336 e. The third-order valence-electron chi connectivity index (χ3n) is 3.93. The molecule has 0 aliphatic carbocycles. The fourth-order valence-electron chi connectivity index (χ4n) is 2.85. The minimum atomic E-state index is -0.387. The van der Waals surface area contributed by atoms with Gasteiger partial charge in [0.1, 0.15) is 11.4 Å². The highest BCUT2D eigenvalue weighted by Gasteiger charge is 2.11. The summed E-state index contributed by atoms with van der Waals surface area (Å²) in [6.45, 7) is 0. The normalized spacial score (nSPS) is 11.2. The molecular weight excluding hydrogens is 323 g/mol. The van der Waals surface area contributed by atoms with Gasteiger partial charge in [-0.15, -0.1) is 11.8 Å². The summed E-state index contributed by atoms with van der Waals surface area (Å²) in [6.07, 6.45) is 0. The molecule has 4 rings (SSSR count). The van der Waals surface area contributed by atoms with Gasteiger partial charge in [-0.1, -0.05) is 42.5 Å². The van der Waals surface area contributed by atoms with Crippen LogP contribution in [0.15, 0.2) is 80.8 Å². The maximum absolute atomic E-state index is 13.8. The van der Waals surface area contributed by atoms with E-state index < -0.39 is 0 Å².